The zero-order valence-corrected chi connectivity index (χ0v) is 14.3. The van der Waals surface area contributed by atoms with Crippen LogP contribution in [-0.2, 0) is 0 Å². The molecule has 25 heavy (non-hydrogen) atoms. The third kappa shape index (κ3) is 2.91. The van der Waals surface area contributed by atoms with Crippen LogP contribution in [0.15, 0.2) is 48.8 Å². The number of piperidine rings is 2. The monoisotopic (exact) mass is 333 g/mol. The lowest BCUT2D eigenvalue weighted by molar-refractivity contribution is 0.0128. The highest BCUT2D eigenvalue weighted by atomic mass is 16.5. The van der Waals surface area contributed by atoms with E-state index < -0.39 is 0 Å². The Morgan fingerprint density at radius 1 is 1.04 bits per heavy atom. The number of pyridine rings is 1. The molecule has 0 aliphatic carbocycles. The maximum absolute atomic E-state index is 6.25. The first kappa shape index (κ1) is 15.0. The Balaban J connectivity index is 1.32. The molecule has 2 aliphatic rings. The van der Waals surface area contributed by atoms with E-state index in [2.05, 4.69) is 45.2 Å². The summed E-state index contributed by atoms with van der Waals surface area (Å²) in [6.07, 6.45) is 7.94. The fourth-order valence-electron chi connectivity index (χ4n) is 4.31. The molecule has 4 heteroatoms. The smallest absolute Gasteiger partial charge is 0.213 e. The highest BCUT2D eigenvalue weighted by Crippen LogP contribution is 2.30. The second-order valence-corrected chi connectivity index (χ2v) is 7.31. The molecule has 2 aliphatic heterocycles. The van der Waals surface area contributed by atoms with Gasteiger partial charge in [0, 0.05) is 48.5 Å². The first-order valence-electron chi connectivity index (χ1n) is 9.28. The summed E-state index contributed by atoms with van der Waals surface area (Å²) in [5, 5.41) is 1.22. The highest BCUT2D eigenvalue weighted by molar-refractivity contribution is 5.84. The predicted molar refractivity (Wildman–Crippen MR) is 99.7 cm³/mol. The van der Waals surface area contributed by atoms with Gasteiger partial charge in [-0.05, 0) is 61.0 Å². The fraction of sp³-hybridized carbons (Fsp3) is 0.381. The van der Waals surface area contributed by atoms with E-state index in [0.717, 1.165) is 29.9 Å². The number of hydrogen-bond donors (Lipinski definition) is 1. The van der Waals surface area contributed by atoms with Crippen LogP contribution in [-0.4, -0.2) is 40.6 Å². The Kier molecular flexibility index (Phi) is 3.71. The van der Waals surface area contributed by atoms with Gasteiger partial charge < -0.3 is 14.6 Å². The molecule has 3 aromatic rings. The lowest BCUT2D eigenvalue weighted by Crippen LogP contribution is -2.49. The summed E-state index contributed by atoms with van der Waals surface area (Å²) in [6, 6.07) is 12.7. The first-order valence-corrected chi connectivity index (χ1v) is 9.28. The minimum Gasteiger partial charge on any atom is -0.474 e. The van der Waals surface area contributed by atoms with E-state index in [1.54, 1.807) is 0 Å². The van der Waals surface area contributed by atoms with Gasteiger partial charge in [-0.3, -0.25) is 0 Å². The predicted octanol–water partition coefficient (Wildman–Crippen LogP) is 4.09. The molecule has 1 unspecified atom stereocenters. The van der Waals surface area contributed by atoms with Crippen LogP contribution in [0.4, 0.5) is 0 Å². The first-order chi connectivity index (χ1) is 12.3. The topological polar surface area (TPSA) is 41.1 Å². The maximum Gasteiger partial charge on any atom is 0.213 e. The van der Waals surface area contributed by atoms with Crippen molar-refractivity contribution in [2.75, 3.05) is 19.6 Å². The van der Waals surface area contributed by atoms with Gasteiger partial charge in [-0.2, -0.15) is 0 Å². The number of fused-ring (bicyclic) bond motifs is 3. The molecule has 2 bridgehead atoms. The molecule has 2 aromatic heterocycles. The zero-order chi connectivity index (χ0) is 16.6. The molecule has 5 rings (SSSR count). The minimum atomic E-state index is 0.325. The molecule has 128 valence electrons. The lowest BCUT2D eigenvalue weighted by atomic mass is 9.87. The average molecular weight is 333 g/mol. The van der Waals surface area contributed by atoms with Gasteiger partial charge in [0.15, 0.2) is 0 Å². The Hall–Kier alpha value is -2.33. The Bertz CT molecular complexity index is 870. The molecule has 4 heterocycles. The van der Waals surface area contributed by atoms with Crippen LogP contribution in [0.25, 0.3) is 22.0 Å². The largest absolute Gasteiger partial charge is 0.474 e. The molecular formula is C21H23N3O. The summed E-state index contributed by atoms with van der Waals surface area (Å²) in [5.41, 5.74) is 3.48. The van der Waals surface area contributed by atoms with Crippen LogP contribution in [0.5, 0.6) is 5.88 Å². The van der Waals surface area contributed by atoms with Gasteiger partial charge in [-0.1, -0.05) is 6.07 Å². The van der Waals surface area contributed by atoms with Gasteiger partial charge in [0.05, 0.1) is 0 Å². The summed E-state index contributed by atoms with van der Waals surface area (Å²) in [6.45, 7) is 3.62. The van der Waals surface area contributed by atoms with Crippen LogP contribution < -0.4 is 4.74 Å². The van der Waals surface area contributed by atoms with Gasteiger partial charge in [-0.25, -0.2) is 4.98 Å². The Morgan fingerprint density at radius 2 is 2.00 bits per heavy atom. The van der Waals surface area contributed by atoms with Gasteiger partial charge in [0.1, 0.15) is 6.10 Å². The summed E-state index contributed by atoms with van der Waals surface area (Å²) in [7, 11) is 0. The number of nitrogens with one attached hydrogen (secondary N) is 1. The molecule has 0 radical (unpaired) electrons. The molecule has 3 atom stereocenters. The number of rotatable bonds is 3. The molecule has 2 fully saturated rings. The number of nitrogens with zero attached hydrogens (tertiary/aromatic N) is 2. The van der Waals surface area contributed by atoms with E-state index >= 15 is 0 Å². The van der Waals surface area contributed by atoms with Crippen molar-refractivity contribution < 1.29 is 4.74 Å². The molecule has 4 nitrogen and oxygen atoms in total. The second-order valence-electron chi connectivity index (χ2n) is 7.31. The number of H-pyrrole nitrogens is 1. The summed E-state index contributed by atoms with van der Waals surface area (Å²) >= 11 is 0. The van der Waals surface area contributed by atoms with E-state index in [1.807, 2.05) is 18.5 Å². The van der Waals surface area contributed by atoms with E-state index in [4.69, 9.17) is 4.74 Å². The van der Waals surface area contributed by atoms with Gasteiger partial charge in [0.25, 0.3) is 0 Å². The van der Waals surface area contributed by atoms with Crippen LogP contribution in [0.3, 0.4) is 0 Å². The molecule has 1 N–H and O–H groups in total. The van der Waals surface area contributed by atoms with Crippen molar-refractivity contribution >= 4 is 10.9 Å². The normalized spacial score (nSPS) is 25.8. The molecule has 0 amide bonds. The number of hydrogen-bond acceptors (Lipinski definition) is 3. The molecule has 2 saturated heterocycles. The zero-order valence-electron chi connectivity index (χ0n) is 14.3. The van der Waals surface area contributed by atoms with Crippen LogP contribution in [0.1, 0.15) is 19.3 Å². The summed E-state index contributed by atoms with van der Waals surface area (Å²) in [4.78, 5) is 10.4. The number of ether oxygens (including phenoxy) is 1. The standard InChI is InChI=1S/C21H23N3O/c1-2-18-14-24(10-1)11-8-20(18)25-21-6-4-17(13-23-21)15-3-5-19-16(12-15)7-9-22-19/h3-7,9,12-13,18,20,22H,1-2,8,10-11,14H2/t18-,20-/m1/s1. The Labute approximate surface area is 147 Å². The van der Waals surface area contributed by atoms with Crippen LogP contribution in [0, 0.1) is 5.92 Å². The third-order valence-electron chi connectivity index (χ3n) is 5.69. The average Bonchev–Trinajstić information content (AvgIpc) is 3.13. The van der Waals surface area contributed by atoms with Gasteiger partial charge in [0.2, 0.25) is 5.88 Å². The fourth-order valence-corrected chi connectivity index (χ4v) is 4.31. The molecular weight excluding hydrogens is 310 g/mol. The highest BCUT2D eigenvalue weighted by Gasteiger charge is 2.33. The quantitative estimate of drug-likeness (QED) is 0.785. The van der Waals surface area contributed by atoms with Gasteiger partial charge in [-0.15, -0.1) is 0 Å². The van der Waals surface area contributed by atoms with Crippen molar-refractivity contribution in [3.63, 3.8) is 0 Å². The van der Waals surface area contributed by atoms with E-state index in [-0.39, 0.29) is 0 Å². The van der Waals surface area contributed by atoms with Gasteiger partial charge >= 0.3 is 0 Å². The maximum atomic E-state index is 6.25. The molecule has 1 aromatic carbocycles. The Morgan fingerprint density at radius 3 is 2.92 bits per heavy atom. The van der Waals surface area contributed by atoms with Crippen molar-refractivity contribution in [3.8, 4) is 17.0 Å². The van der Waals surface area contributed by atoms with Crippen molar-refractivity contribution in [3.05, 3.63) is 48.8 Å². The minimum absolute atomic E-state index is 0.325. The van der Waals surface area contributed by atoms with E-state index in [1.165, 1.54) is 36.9 Å². The lowest BCUT2D eigenvalue weighted by Gasteiger charge is -2.42. The third-order valence-corrected chi connectivity index (χ3v) is 5.69. The van der Waals surface area contributed by atoms with Crippen molar-refractivity contribution in [2.24, 2.45) is 5.92 Å². The van der Waals surface area contributed by atoms with Crippen LogP contribution >= 0.6 is 0 Å². The SMILES string of the molecule is c1cc2cc(-c3ccc(O[C@@H]4CCN5CCC[C@@H]4C5)nc3)ccc2[nH]1. The van der Waals surface area contributed by atoms with Crippen molar-refractivity contribution in [1.29, 1.82) is 0 Å². The molecule has 0 spiro atoms. The van der Waals surface area contributed by atoms with Crippen LogP contribution in [0.2, 0.25) is 0 Å². The number of aromatic nitrogens is 2. The summed E-state index contributed by atoms with van der Waals surface area (Å²) < 4.78 is 6.25. The van der Waals surface area contributed by atoms with E-state index in [0.29, 0.717) is 12.0 Å². The van der Waals surface area contributed by atoms with Crippen molar-refractivity contribution in [1.82, 2.24) is 14.9 Å². The molecule has 0 saturated carbocycles. The number of benzene rings is 1. The summed E-state index contributed by atoms with van der Waals surface area (Å²) in [5.74, 6) is 1.43. The second kappa shape index (κ2) is 6.19. The van der Waals surface area contributed by atoms with E-state index in [9.17, 15) is 0 Å². The number of aromatic amines is 1. The van der Waals surface area contributed by atoms with Crippen molar-refractivity contribution in [2.45, 2.75) is 25.4 Å².